The first kappa shape index (κ1) is 105. The maximum absolute atomic E-state index is 13.2. The molecule has 0 aliphatic heterocycles. The minimum atomic E-state index is -4.97. The smallest absolute Gasteiger partial charge is 0.462 e. The van der Waals surface area contributed by atoms with Crippen molar-refractivity contribution in [3.8, 4) is 0 Å². The molecular formula is C88H172O17P2. The first-order chi connectivity index (χ1) is 51.9. The maximum atomic E-state index is 13.2. The third-order valence-corrected chi connectivity index (χ3v) is 23.3. The van der Waals surface area contributed by atoms with Gasteiger partial charge in [-0.15, -0.1) is 0 Å². The molecule has 0 heterocycles. The van der Waals surface area contributed by atoms with Gasteiger partial charge in [0.05, 0.1) is 26.4 Å². The summed E-state index contributed by atoms with van der Waals surface area (Å²) in [7, 11) is -9.93. The molecule has 0 bridgehead atoms. The van der Waals surface area contributed by atoms with Crippen LogP contribution < -0.4 is 0 Å². The van der Waals surface area contributed by atoms with E-state index in [4.69, 9.17) is 37.0 Å². The number of phosphoric ester groups is 2. The predicted octanol–water partition coefficient (Wildman–Crippen LogP) is 27.0. The van der Waals surface area contributed by atoms with E-state index in [1.54, 1.807) is 0 Å². The molecule has 0 aromatic heterocycles. The van der Waals surface area contributed by atoms with E-state index >= 15 is 0 Å². The fraction of sp³-hybridized carbons (Fsp3) is 0.955. The Bertz CT molecular complexity index is 2050. The minimum absolute atomic E-state index is 0.109. The van der Waals surface area contributed by atoms with Crippen molar-refractivity contribution < 1.29 is 80.2 Å². The van der Waals surface area contributed by atoms with Gasteiger partial charge in [0, 0.05) is 25.7 Å². The summed E-state index contributed by atoms with van der Waals surface area (Å²) in [6, 6.07) is 0. The average Bonchev–Trinajstić information content (AvgIpc) is 0.902. The Kier molecular flexibility index (Phi) is 77.9. The number of rotatable bonds is 87. The van der Waals surface area contributed by atoms with Gasteiger partial charge in [0.25, 0.3) is 0 Å². The summed E-state index contributed by atoms with van der Waals surface area (Å²) in [4.78, 5) is 73.3. The highest BCUT2D eigenvalue weighted by Gasteiger charge is 2.31. The zero-order valence-corrected chi connectivity index (χ0v) is 72.2. The van der Waals surface area contributed by atoms with Gasteiger partial charge >= 0.3 is 39.5 Å². The summed E-state index contributed by atoms with van der Waals surface area (Å²) < 4.78 is 68.9. The van der Waals surface area contributed by atoms with Crippen LogP contribution in [0.4, 0.5) is 0 Å². The van der Waals surface area contributed by atoms with Gasteiger partial charge in [0.1, 0.15) is 19.3 Å². The number of aliphatic hydroxyl groups excluding tert-OH is 1. The van der Waals surface area contributed by atoms with E-state index in [9.17, 15) is 43.2 Å². The summed E-state index contributed by atoms with van der Waals surface area (Å²) >= 11 is 0. The second kappa shape index (κ2) is 79.3. The number of esters is 4. The molecule has 0 saturated heterocycles. The number of phosphoric acid groups is 2. The van der Waals surface area contributed by atoms with E-state index in [1.165, 1.54) is 289 Å². The Labute approximate surface area is 658 Å². The van der Waals surface area contributed by atoms with Crippen molar-refractivity contribution in [2.24, 2.45) is 11.8 Å². The molecule has 0 aliphatic carbocycles. The van der Waals surface area contributed by atoms with Gasteiger partial charge in [0.2, 0.25) is 0 Å². The number of unbranched alkanes of at least 4 members (excludes halogenated alkanes) is 55. The molecule has 19 heteroatoms. The summed E-state index contributed by atoms with van der Waals surface area (Å²) in [5.41, 5.74) is 0. The molecular weight excluding hydrogens is 1390 g/mol. The topological polar surface area (TPSA) is 237 Å². The number of carbonyl (C=O) groups is 4. The highest BCUT2D eigenvalue weighted by Crippen LogP contribution is 2.45. The zero-order valence-electron chi connectivity index (χ0n) is 70.5. The molecule has 107 heavy (non-hydrogen) atoms. The van der Waals surface area contributed by atoms with Gasteiger partial charge in [-0.2, -0.15) is 0 Å². The second-order valence-electron chi connectivity index (χ2n) is 32.1. The molecule has 636 valence electrons. The lowest BCUT2D eigenvalue weighted by atomic mass is 9.99. The lowest BCUT2D eigenvalue weighted by Gasteiger charge is -2.21. The number of hydrogen-bond acceptors (Lipinski definition) is 15. The normalized spacial score (nSPS) is 14.3. The molecule has 0 saturated carbocycles. The van der Waals surface area contributed by atoms with E-state index in [2.05, 4.69) is 41.5 Å². The number of ether oxygens (including phenoxy) is 4. The lowest BCUT2D eigenvalue weighted by molar-refractivity contribution is -0.161. The van der Waals surface area contributed by atoms with Crippen molar-refractivity contribution in [1.82, 2.24) is 0 Å². The first-order valence-electron chi connectivity index (χ1n) is 45.6. The monoisotopic (exact) mass is 1560 g/mol. The van der Waals surface area contributed by atoms with E-state index in [0.717, 1.165) is 102 Å². The zero-order chi connectivity index (χ0) is 78.5. The maximum Gasteiger partial charge on any atom is 0.472 e. The van der Waals surface area contributed by atoms with Gasteiger partial charge in [-0.1, -0.05) is 420 Å². The molecule has 7 atom stereocenters. The third kappa shape index (κ3) is 79.1. The molecule has 0 fully saturated rings. The Morgan fingerprint density at radius 3 is 0.664 bits per heavy atom. The third-order valence-electron chi connectivity index (χ3n) is 21.4. The first-order valence-corrected chi connectivity index (χ1v) is 48.6. The van der Waals surface area contributed by atoms with Crippen LogP contribution in [0.25, 0.3) is 0 Å². The molecule has 0 aromatic rings. The van der Waals surface area contributed by atoms with Crippen molar-refractivity contribution in [2.45, 2.75) is 490 Å². The van der Waals surface area contributed by atoms with Crippen LogP contribution in [0.3, 0.4) is 0 Å². The van der Waals surface area contributed by atoms with Gasteiger partial charge in [-0.05, 0) is 37.5 Å². The van der Waals surface area contributed by atoms with Crippen LogP contribution in [-0.2, 0) is 65.4 Å². The van der Waals surface area contributed by atoms with E-state index in [-0.39, 0.29) is 25.7 Å². The van der Waals surface area contributed by atoms with Crippen LogP contribution in [0, 0.1) is 11.8 Å². The fourth-order valence-electron chi connectivity index (χ4n) is 13.7. The molecule has 0 spiro atoms. The molecule has 0 amide bonds. The highest BCUT2D eigenvalue weighted by atomic mass is 31.2. The van der Waals surface area contributed by atoms with Crippen molar-refractivity contribution in [2.75, 3.05) is 39.6 Å². The van der Waals surface area contributed by atoms with Gasteiger partial charge < -0.3 is 33.8 Å². The number of carbonyl (C=O) groups excluding carboxylic acids is 4. The van der Waals surface area contributed by atoms with Crippen LogP contribution in [0.1, 0.15) is 472 Å². The van der Waals surface area contributed by atoms with Crippen molar-refractivity contribution in [3.05, 3.63) is 0 Å². The Balaban J connectivity index is 5.22. The molecule has 0 radical (unpaired) electrons. The van der Waals surface area contributed by atoms with Gasteiger partial charge in [0.15, 0.2) is 12.2 Å². The fourth-order valence-corrected chi connectivity index (χ4v) is 15.3. The lowest BCUT2D eigenvalue weighted by Crippen LogP contribution is -2.30. The average molecular weight is 1560 g/mol. The molecule has 3 N–H and O–H groups in total. The largest absolute Gasteiger partial charge is 0.472 e. The Hall–Kier alpha value is -1.94. The summed E-state index contributed by atoms with van der Waals surface area (Å²) in [6.45, 7) is 9.80. The second-order valence-corrected chi connectivity index (χ2v) is 35.0. The number of aliphatic hydroxyl groups is 1. The summed E-state index contributed by atoms with van der Waals surface area (Å²) in [5, 5.41) is 10.7. The molecule has 0 rings (SSSR count). The summed E-state index contributed by atoms with van der Waals surface area (Å²) in [6.07, 6.45) is 72.1. The standard InChI is InChI=1S/C88H172O17P2/c1-7-11-13-15-17-19-21-22-23-26-30-37-42-48-54-60-66-72-87(92)104-83(76-98-85(90)70-64-58-52-46-20-18-16-14-12-8-2)78-102-106(94,95)100-74-82(89)75-101-107(96,97)103-79-84(77-99-86(91)71-65-59-53-47-41-36-33-32-35-40-45-51-57-63-69-81(6)10-4)105-88(93)73-67-61-55-49-43-38-31-28-25-24-27-29-34-39-44-50-56-62-68-80(5)9-3/h80-84,89H,7-79H2,1-6H3,(H,94,95)(H,96,97)/t80?,81?,82-,83+,84+/m0/s1. The quantitative estimate of drug-likeness (QED) is 0.0222. The van der Waals surface area contributed by atoms with Crippen LogP contribution >= 0.6 is 15.6 Å². The van der Waals surface area contributed by atoms with Crippen molar-refractivity contribution in [3.63, 3.8) is 0 Å². The number of hydrogen-bond donors (Lipinski definition) is 3. The SMILES string of the molecule is CCCCCCCCCCCCCCCCCCCC(=O)O[C@H](COC(=O)CCCCCCCCCCCC)COP(=O)(O)OC[C@H](O)COP(=O)(O)OC[C@@H](COC(=O)CCCCCCCCCCCCCCCCC(C)CC)OC(=O)CCCCCCCCCCCCCCCCCCCCC(C)CC. The molecule has 4 unspecified atom stereocenters. The molecule has 17 nitrogen and oxygen atoms in total. The van der Waals surface area contributed by atoms with Crippen LogP contribution in [0.15, 0.2) is 0 Å². The summed E-state index contributed by atoms with van der Waals surface area (Å²) in [5.74, 6) is -0.378. The van der Waals surface area contributed by atoms with Crippen molar-refractivity contribution >= 4 is 39.5 Å². The predicted molar refractivity (Wildman–Crippen MR) is 442 cm³/mol. The Morgan fingerprint density at radius 2 is 0.449 bits per heavy atom. The van der Waals surface area contributed by atoms with Crippen LogP contribution in [-0.4, -0.2) is 96.7 Å². The van der Waals surface area contributed by atoms with Crippen molar-refractivity contribution in [1.29, 1.82) is 0 Å². The van der Waals surface area contributed by atoms with Gasteiger partial charge in [-0.3, -0.25) is 37.3 Å². The van der Waals surface area contributed by atoms with Crippen LogP contribution in [0.2, 0.25) is 0 Å². The Morgan fingerprint density at radius 1 is 0.262 bits per heavy atom. The van der Waals surface area contributed by atoms with Crippen LogP contribution in [0.5, 0.6) is 0 Å². The van der Waals surface area contributed by atoms with E-state index in [0.29, 0.717) is 25.7 Å². The minimum Gasteiger partial charge on any atom is -0.462 e. The van der Waals surface area contributed by atoms with Gasteiger partial charge in [-0.25, -0.2) is 9.13 Å². The molecule has 0 aromatic carbocycles. The van der Waals surface area contributed by atoms with E-state index < -0.39 is 97.5 Å². The molecule has 0 aliphatic rings. The van der Waals surface area contributed by atoms with E-state index in [1.807, 2.05) is 0 Å². The highest BCUT2D eigenvalue weighted by molar-refractivity contribution is 7.47.